The van der Waals surface area contributed by atoms with Crippen molar-refractivity contribution in [2.24, 2.45) is 5.92 Å². The van der Waals surface area contributed by atoms with Crippen LogP contribution in [-0.2, 0) is 4.84 Å². The van der Waals surface area contributed by atoms with Gasteiger partial charge in [-0.3, -0.25) is 9.63 Å². The van der Waals surface area contributed by atoms with Gasteiger partial charge >= 0.3 is 0 Å². The lowest BCUT2D eigenvalue weighted by Crippen LogP contribution is -2.24. The van der Waals surface area contributed by atoms with Crippen LogP contribution in [0.1, 0.15) is 23.5 Å². The number of hydrogen-bond donors (Lipinski definition) is 1. The van der Waals surface area contributed by atoms with Crippen LogP contribution < -0.4 is 5.48 Å². The average molecular weight is 255 g/mol. The number of hydroxylamine groups is 1. The number of carbonyl (C=O) groups excluding carboxylic acids is 1. The van der Waals surface area contributed by atoms with E-state index in [1.54, 1.807) is 11.3 Å². The van der Waals surface area contributed by atoms with Crippen molar-refractivity contribution in [3.8, 4) is 0 Å². The van der Waals surface area contributed by atoms with Gasteiger partial charge in [0.05, 0.1) is 11.5 Å². The van der Waals surface area contributed by atoms with E-state index in [1.165, 1.54) is 11.3 Å². The SMILES string of the molecule is CC(C)CONC(=O)c1cc2sccc2s1. The van der Waals surface area contributed by atoms with Crippen molar-refractivity contribution in [2.45, 2.75) is 13.8 Å². The molecule has 0 aromatic carbocycles. The summed E-state index contributed by atoms with van der Waals surface area (Å²) in [4.78, 5) is 17.5. The zero-order chi connectivity index (χ0) is 11.5. The molecule has 2 aromatic heterocycles. The number of carbonyl (C=O) groups is 1. The van der Waals surface area contributed by atoms with E-state index >= 15 is 0 Å². The lowest BCUT2D eigenvalue weighted by Gasteiger charge is -2.06. The molecule has 0 saturated heterocycles. The lowest BCUT2D eigenvalue weighted by atomic mass is 10.2. The Bertz CT molecular complexity index is 458. The third-order valence-electron chi connectivity index (χ3n) is 1.94. The normalized spacial score (nSPS) is 11.2. The fourth-order valence-electron chi connectivity index (χ4n) is 1.20. The largest absolute Gasteiger partial charge is 0.284 e. The van der Waals surface area contributed by atoms with Crippen molar-refractivity contribution in [2.75, 3.05) is 6.61 Å². The summed E-state index contributed by atoms with van der Waals surface area (Å²) in [5, 5.41) is 2.03. The zero-order valence-electron chi connectivity index (χ0n) is 9.15. The summed E-state index contributed by atoms with van der Waals surface area (Å²) in [7, 11) is 0. The number of thiophene rings is 2. The average Bonchev–Trinajstić information content (AvgIpc) is 2.75. The summed E-state index contributed by atoms with van der Waals surface area (Å²) in [5.41, 5.74) is 2.46. The van der Waals surface area contributed by atoms with Crippen molar-refractivity contribution < 1.29 is 9.63 Å². The molecule has 0 aliphatic rings. The molecule has 2 heterocycles. The quantitative estimate of drug-likeness (QED) is 0.851. The second kappa shape index (κ2) is 4.95. The Labute approximate surface area is 102 Å². The lowest BCUT2D eigenvalue weighted by molar-refractivity contribution is 0.0212. The number of rotatable bonds is 4. The van der Waals surface area contributed by atoms with E-state index in [0.717, 1.165) is 9.40 Å². The summed E-state index contributed by atoms with van der Waals surface area (Å²) in [5.74, 6) is 0.251. The maximum Gasteiger partial charge on any atom is 0.284 e. The Morgan fingerprint density at radius 3 is 3.00 bits per heavy atom. The van der Waals surface area contributed by atoms with E-state index in [-0.39, 0.29) is 5.91 Å². The Morgan fingerprint density at radius 1 is 1.50 bits per heavy atom. The van der Waals surface area contributed by atoms with E-state index in [9.17, 15) is 4.79 Å². The molecule has 16 heavy (non-hydrogen) atoms. The minimum Gasteiger partial charge on any atom is -0.273 e. The number of fused-ring (bicyclic) bond motifs is 1. The van der Waals surface area contributed by atoms with Crippen LogP contribution in [0.25, 0.3) is 9.40 Å². The molecular weight excluding hydrogens is 242 g/mol. The molecule has 0 saturated carbocycles. The molecule has 0 bridgehead atoms. The zero-order valence-corrected chi connectivity index (χ0v) is 10.8. The van der Waals surface area contributed by atoms with Crippen LogP contribution >= 0.6 is 22.7 Å². The van der Waals surface area contributed by atoms with Gasteiger partial charge in [-0.15, -0.1) is 22.7 Å². The minimum atomic E-state index is -0.158. The van der Waals surface area contributed by atoms with Crippen LogP contribution in [0.2, 0.25) is 0 Å². The first-order valence-electron chi connectivity index (χ1n) is 5.06. The molecule has 1 N–H and O–H groups in total. The topological polar surface area (TPSA) is 38.3 Å². The maximum atomic E-state index is 11.7. The molecule has 0 radical (unpaired) electrons. The summed E-state index contributed by atoms with van der Waals surface area (Å²) in [6, 6.07) is 3.93. The number of amides is 1. The van der Waals surface area contributed by atoms with E-state index in [2.05, 4.69) is 5.48 Å². The van der Waals surface area contributed by atoms with Crippen LogP contribution in [0, 0.1) is 5.92 Å². The van der Waals surface area contributed by atoms with Gasteiger partial charge in [0.15, 0.2) is 0 Å². The molecule has 86 valence electrons. The summed E-state index contributed by atoms with van der Waals surface area (Å²) >= 11 is 3.13. The van der Waals surface area contributed by atoms with E-state index < -0.39 is 0 Å². The fourth-order valence-corrected chi connectivity index (χ4v) is 3.20. The van der Waals surface area contributed by atoms with Gasteiger partial charge in [0.1, 0.15) is 0 Å². The predicted octanol–water partition coefficient (Wildman–Crippen LogP) is 3.28. The monoisotopic (exact) mass is 255 g/mol. The third kappa shape index (κ3) is 2.61. The predicted molar refractivity (Wildman–Crippen MR) is 68.0 cm³/mol. The Kier molecular flexibility index (Phi) is 3.58. The van der Waals surface area contributed by atoms with Gasteiger partial charge in [-0.05, 0) is 23.4 Å². The van der Waals surface area contributed by atoms with Gasteiger partial charge in [0.25, 0.3) is 5.91 Å². The van der Waals surface area contributed by atoms with Crippen LogP contribution in [-0.4, -0.2) is 12.5 Å². The highest BCUT2D eigenvalue weighted by Crippen LogP contribution is 2.29. The Morgan fingerprint density at radius 2 is 2.31 bits per heavy atom. The smallest absolute Gasteiger partial charge is 0.273 e. The molecule has 1 amide bonds. The highest BCUT2D eigenvalue weighted by atomic mass is 32.1. The van der Waals surface area contributed by atoms with E-state index in [1.807, 2.05) is 31.4 Å². The van der Waals surface area contributed by atoms with Gasteiger partial charge in [-0.25, -0.2) is 5.48 Å². The van der Waals surface area contributed by atoms with Crippen molar-refractivity contribution in [3.63, 3.8) is 0 Å². The molecule has 2 rings (SSSR count). The van der Waals surface area contributed by atoms with Gasteiger partial charge in [0, 0.05) is 9.40 Å². The molecule has 0 unspecified atom stereocenters. The highest BCUT2D eigenvalue weighted by Gasteiger charge is 2.10. The third-order valence-corrected chi connectivity index (χ3v) is 4.04. The van der Waals surface area contributed by atoms with Crippen LogP contribution in [0.5, 0.6) is 0 Å². The highest BCUT2D eigenvalue weighted by molar-refractivity contribution is 7.27. The molecule has 0 atom stereocenters. The Hall–Kier alpha value is -0.910. The molecule has 0 aliphatic carbocycles. The van der Waals surface area contributed by atoms with E-state index in [4.69, 9.17) is 4.84 Å². The molecule has 0 aliphatic heterocycles. The maximum absolute atomic E-state index is 11.7. The minimum absolute atomic E-state index is 0.158. The van der Waals surface area contributed by atoms with Crippen molar-refractivity contribution in [1.29, 1.82) is 0 Å². The van der Waals surface area contributed by atoms with Gasteiger partial charge < -0.3 is 0 Å². The summed E-state index contributed by atoms with van der Waals surface area (Å²) in [6.45, 7) is 4.60. The first-order chi connectivity index (χ1) is 7.66. The summed E-state index contributed by atoms with van der Waals surface area (Å²) < 4.78 is 2.30. The molecule has 3 nitrogen and oxygen atoms in total. The van der Waals surface area contributed by atoms with Crippen molar-refractivity contribution in [3.05, 3.63) is 22.4 Å². The van der Waals surface area contributed by atoms with Crippen LogP contribution in [0.15, 0.2) is 17.5 Å². The second-order valence-corrected chi connectivity index (χ2v) is 5.93. The number of nitrogens with one attached hydrogen (secondary N) is 1. The van der Waals surface area contributed by atoms with E-state index in [0.29, 0.717) is 17.4 Å². The van der Waals surface area contributed by atoms with Crippen molar-refractivity contribution >= 4 is 38.0 Å². The van der Waals surface area contributed by atoms with Crippen LogP contribution in [0.4, 0.5) is 0 Å². The van der Waals surface area contributed by atoms with Crippen LogP contribution in [0.3, 0.4) is 0 Å². The van der Waals surface area contributed by atoms with Gasteiger partial charge in [0.2, 0.25) is 0 Å². The molecule has 0 spiro atoms. The van der Waals surface area contributed by atoms with Gasteiger partial charge in [-0.2, -0.15) is 0 Å². The van der Waals surface area contributed by atoms with Gasteiger partial charge in [-0.1, -0.05) is 13.8 Å². The molecular formula is C11H13NO2S2. The summed E-state index contributed by atoms with van der Waals surface area (Å²) in [6.07, 6.45) is 0. The fraction of sp³-hybridized carbons (Fsp3) is 0.364. The molecule has 0 fully saturated rings. The Balaban J connectivity index is 1.97. The van der Waals surface area contributed by atoms with Crippen molar-refractivity contribution in [1.82, 2.24) is 5.48 Å². The number of hydrogen-bond acceptors (Lipinski definition) is 4. The molecule has 2 aromatic rings. The standard InChI is InChI=1S/C11H13NO2S2/c1-7(2)6-14-12-11(13)10-5-9-8(16-10)3-4-15-9/h3-5,7H,6H2,1-2H3,(H,12,13). The second-order valence-electron chi connectivity index (χ2n) is 3.90. The molecule has 5 heteroatoms. The first kappa shape index (κ1) is 11.6. The first-order valence-corrected chi connectivity index (χ1v) is 6.75.